The molecular weight excluding hydrogens is 435 g/mol. The second-order valence-electron chi connectivity index (χ2n) is 7.85. The number of thiazole rings is 1. The van der Waals surface area contributed by atoms with Crippen LogP contribution in [0.5, 0.6) is 0 Å². The van der Waals surface area contributed by atoms with E-state index < -0.39 is 15.8 Å². The molecule has 3 aromatic rings. The van der Waals surface area contributed by atoms with E-state index in [1.807, 2.05) is 30.1 Å². The van der Waals surface area contributed by atoms with Gasteiger partial charge in [-0.3, -0.25) is 9.62 Å². The van der Waals surface area contributed by atoms with E-state index in [4.69, 9.17) is 0 Å². The molecule has 1 unspecified atom stereocenters. The quantitative estimate of drug-likeness (QED) is 0.575. The normalized spacial score (nSPS) is 17.1. The molecule has 6 nitrogen and oxygen atoms in total. The van der Waals surface area contributed by atoms with Crippen molar-refractivity contribution in [2.75, 3.05) is 29.8 Å². The van der Waals surface area contributed by atoms with Crippen molar-refractivity contribution in [2.24, 2.45) is 0 Å². The van der Waals surface area contributed by atoms with E-state index in [0.29, 0.717) is 11.3 Å². The second kappa shape index (κ2) is 8.94. The van der Waals surface area contributed by atoms with E-state index in [2.05, 4.69) is 26.7 Å². The SMILES string of the molecule is Cc1cc(N(C)C2CCN(Cc3ccccc3)C2)c(F)c(S(=O)(=O)Nc2cscn2)c1. The third-order valence-electron chi connectivity index (χ3n) is 5.55. The Bertz CT molecular complexity index is 1140. The predicted octanol–water partition coefficient (Wildman–Crippen LogP) is 4.10. The summed E-state index contributed by atoms with van der Waals surface area (Å²) in [5.74, 6) is -0.550. The van der Waals surface area contributed by atoms with Crippen LogP contribution in [0.2, 0.25) is 0 Å². The van der Waals surface area contributed by atoms with Crippen LogP contribution in [0.25, 0.3) is 0 Å². The topological polar surface area (TPSA) is 65.5 Å². The summed E-state index contributed by atoms with van der Waals surface area (Å²) in [7, 11) is -2.25. The molecule has 2 aromatic carbocycles. The number of hydrogen-bond acceptors (Lipinski definition) is 6. The minimum Gasteiger partial charge on any atom is -0.368 e. The maximum absolute atomic E-state index is 15.4. The van der Waals surface area contributed by atoms with E-state index in [1.54, 1.807) is 18.4 Å². The summed E-state index contributed by atoms with van der Waals surface area (Å²) in [6.07, 6.45) is 0.885. The van der Waals surface area contributed by atoms with Gasteiger partial charge in [0.25, 0.3) is 10.0 Å². The van der Waals surface area contributed by atoms with Gasteiger partial charge in [0, 0.05) is 38.1 Å². The fraction of sp³-hybridized carbons (Fsp3) is 0.318. The molecule has 0 saturated carbocycles. The van der Waals surface area contributed by atoms with Crippen molar-refractivity contribution in [3.05, 3.63) is 70.3 Å². The average molecular weight is 461 g/mol. The van der Waals surface area contributed by atoms with Crippen LogP contribution in [0.3, 0.4) is 0 Å². The summed E-state index contributed by atoms with van der Waals surface area (Å²) in [6, 6.07) is 13.4. The third-order valence-corrected chi connectivity index (χ3v) is 7.49. The highest BCUT2D eigenvalue weighted by Gasteiger charge is 2.30. The Morgan fingerprint density at radius 2 is 2.06 bits per heavy atom. The number of likely N-dealkylation sites (N-methyl/N-ethyl adjacent to an activating group) is 1. The Kier molecular flexibility index (Phi) is 6.27. The Labute approximate surface area is 186 Å². The molecule has 9 heteroatoms. The van der Waals surface area contributed by atoms with Crippen LogP contribution in [-0.2, 0) is 16.6 Å². The van der Waals surface area contributed by atoms with Crippen molar-refractivity contribution in [3.63, 3.8) is 0 Å². The lowest BCUT2D eigenvalue weighted by Gasteiger charge is -2.28. The van der Waals surface area contributed by atoms with Gasteiger partial charge in [-0.2, -0.15) is 0 Å². The highest BCUT2D eigenvalue weighted by atomic mass is 32.2. The highest BCUT2D eigenvalue weighted by molar-refractivity contribution is 7.92. The van der Waals surface area contributed by atoms with Crippen LogP contribution >= 0.6 is 11.3 Å². The zero-order valence-electron chi connectivity index (χ0n) is 17.5. The molecule has 1 fully saturated rings. The van der Waals surface area contributed by atoms with Gasteiger partial charge in [0.05, 0.1) is 11.2 Å². The zero-order valence-corrected chi connectivity index (χ0v) is 19.1. The number of likely N-dealkylation sites (tertiary alicyclic amines) is 1. The van der Waals surface area contributed by atoms with Crippen LogP contribution < -0.4 is 9.62 Å². The van der Waals surface area contributed by atoms with E-state index in [9.17, 15) is 8.42 Å². The lowest BCUT2D eigenvalue weighted by atomic mass is 10.1. The number of anilines is 2. The molecule has 0 aliphatic carbocycles. The van der Waals surface area contributed by atoms with E-state index >= 15 is 4.39 Å². The minimum atomic E-state index is -4.09. The van der Waals surface area contributed by atoms with Crippen LogP contribution in [0.4, 0.5) is 15.9 Å². The number of rotatable bonds is 7. The molecule has 4 rings (SSSR count). The first-order chi connectivity index (χ1) is 14.8. The van der Waals surface area contributed by atoms with Crippen molar-refractivity contribution < 1.29 is 12.8 Å². The molecule has 1 aliphatic heterocycles. The molecule has 0 bridgehead atoms. The largest absolute Gasteiger partial charge is 0.368 e. The number of aryl methyl sites for hydroxylation is 1. The number of hydrogen-bond donors (Lipinski definition) is 1. The molecular formula is C22H25FN4O2S2. The highest BCUT2D eigenvalue weighted by Crippen LogP contribution is 2.31. The second-order valence-corrected chi connectivity index (χ2v) is 10.2. The van der Waals surface area contributed by atoms with Gasteiger partial charge in [0.15, 0.2) is 11.6 Å². The number of halogens is 1. The van der Waals surface area contributed by atoms with Gasteiger partial charge in [0.2, 0.25) is 0 Å². The third kappa shape index (κ3) is 4.89. The van der Waals surface area contributed by atoms with Crippen molar-refractivity contribution in [2.45, 2.75) is 30.8 Å². The Morgan fingerprint density at radius 1 is 1.29 bits per heavy atom. The van der Waals surface area contributed by atoms with Crippen LogP contribution in [-0.4, -0.2) is 44.5 Å². The first kappa shape index (κ1) is 21.7. The van der Waals surface area contributed by atoms with Crippen LogP contribution in [0.15, 0.2) is 58.3 Å². The first-order valence-corrected chi connectivity index (χ1v) is 12.5. The smallest absolute Gasteiger partial charge is 0.266 e. The van der Waals surface area contributed by atoms with E-state index in [1.165, 1.54) is 28.5 Å². The molecule has 1 saturated heterocycles. The average Bonchev–Trinajstić information content (AvgIpc) is 3.41. The number of benzene rings is 2. The van der Waals surface area contributed by atoms with E-state index in [-0.39, 0.29) is 16.8 Å². The van der Waals surface area contributed by atoms with Crippen molar-refractivity contribution in [3.8, 4) is 0 Å². The first-order valence-electron chi connectivity index (χ1n) is 10.0. The van der Waals surface area contributed by atoms with Crippen LogP contribution in [0.1, 0.15) is 17.5 Å². The molecule has 1 atom stereocenters. The van der Waals surface area contributed by atoms with Crippen molar-refractivity contribution in [1.29, 1.82) is 0 Å². The Hall–Kier alpha value is -2.49. The minimum absolute atomic E-state index is 0.0991. The van der Waals surface area contributed by atoms with Gasteiger partial charge in [0.1, 0.15) is 4.90 Å². The van der Waals surface area contributed by atoms with Gasteiger partial charge in [-0.25, -0.2) is 17.8 Å². The maximum Gasteiger partial charge on any atom is 0.266 e. The molecule has 2 heterocycles. The molecule has 1 aromatic heterocycles. The zero-order chi connectivity index (χ0) is 22.0. The summed E-state index contributed by atoms with van der Waals surface area (Å²) in [4.78, 5) is 7.78. The van der Waals surface area contributed by atoms with Gasteiger partial charge in [-0.15, -0.1) is 11.3 Å². The number of nitrogens with one attached hydrogen (secondary N) is 1. The van der Waals surface area contributed by atoms with E-state index in [0.717, 1.165) is 26.1 Å². The number of sulfonamides is 1. The predicted molar refractivity (Wildman–Crippen MR) is 123 cm³/mol. The van der Waals surface area contributed by atoms with Gasteiger partial charge >= 0.3 is 0 Å². The summed E-state index contributed by atoms with van der Waals surface area (Å²) in [6.45, 7) is 4.32. The van der Waals surface area contributed by atoms with Gasteiger partial charge in [-0.1, -0.05) is 30.3 Å². The molecule has 0 amide bonds. The lowest BCUT2D eigenvalue weighted by Crippen LogP contribution is -2.35. The fourth-order valence-corrected chi connectivity index (χ4v) is 5.67. The molecule has 0 spiro atoms. The molecule has 1 N–H and O–H groups in total. The summed E-state index contributed by atoms with van der Waals surface area (Å²) < 4.78 is 43.4. The Balaban J connectivity index is 1.54. The molecule has 31 heavy (non-hydrogen) atoms. The summed E-state index contributed by atoms with van der Waals surface area (Å²) in [5.41, 5.74) is 3.74. The van der Waals surface area contributed by atoms with Gasteiger partial charge in [-0.05, 0) is 36.6 Å². The number of aromatic nitrogens is 1. The monoisotopic (exact) mass is 460 g/mol. The van der Waals surface area contributed by atoms with Crippen molar-refractivity contribution in [1.82, 2.24) is 9.88 Å². The molecule has 164 valence electrons. The van der Waals surface area contributed by atoms with Crippen LogP contribution in [0, 0.1) is 12.7 Å². The van der Waals surface area contributed by atoms with Gasteiger partial charge < -0.3 is 4.90 Å². The molecule has 0 radical (unpaired) electrons. The standard InChI is InChI=1S/C22H25FN4O2S2/c1-16-10-19(22(23)20(11-16)31(28,29)25-21-14-30-15-24-21)26(2)18-8-9-27(13-18)12-17-6-4-3-5-7-17/h3-7,10-11,14-15,18,25H,8-9,12-13H2,1-2H3. The Morgan fingerprint density at radius 3 is 2.77 bits per heavy atom. The summed E-state index contributed by atoms with van der Waals surface area (Å²) in [5, 5.41) is 1.57. The van der Waals surface area contributed by atoms with Crippen molar-refractivity contribution >= 4 is 32.9 Å². The molecule has 1 aliphatic rings. The number of nitrogens with zero attached hydrogens (tertiary/aromatic N) is 3. The summed E-state index contributed by atoms with van der Waals surface area (Å²) >= 11 is 1.26. The lowest BCUT2D eigenvalue weighted by molar-refractivity contribution is 0.325. The maximum atomic E-state index is 15.4. The fourth-order valence-electron chi connectivity index (χ4n) is 3.94.